The Morgan fingerprint density at radius 2 is 2.11 bits per heavy atom. The van der Waals surface area contributed by atoms with Crippen molar-refractivity contribution in [1.29, 1.82) is 0 Å². The van der Waals surface area contributed by atoms with Gasteiger partial charge in [-0.05, 0) is 47.0 Å². The van der Waals surface area contributed by atoms with E-state index >= 15 is 0 Å². The Kier molecular flexibility index (Phi) is 4.67. The molecule has 0 radical (unpaired) electrons. The molecule has 1 aromatic carbocycles. The second-order valence-corrected chi connectivity index (χ2v) is 8.09. The molecule has 4 rings (SSSR count). The first-order valence-electron chi connectivity index (χ1n) is 8.33. The maximum Gasteiger partial charge on any atom is 0.311 e. The number of methoxy groups -OCH3 is 1. The van der Waals surface area contributed by atoms with Crippen molar-refractivity contribution in [2.45, 2.75) is 12.5 Å². The zero-order valence-corrected chi connectivity index (χ0v) is 16.1. The Morgan fingerprint density at radius 3 is 2.81 bits per heavy atom. The fourth-order valence-corrected chi connectivity index (χ4v) is 5.18. The molecular weight excluding hydrogens is 384 g/mol. The van der Waals surface area contributed by atoms with E-state index in [4.69, 9.17) is 4.74 Å². The Labute approximate surface area is 163 Å². The molecule has 1 amide bonds. The number of carbonyl (C=O) groups excluding carboxylic acids is 1. The van der Waals surface area contributed by atoms with E-state index in [1.807, 2.05) is 22.4 Å². The van der Waals surface area contributed by atoms with Crippen LogP contribution in [0.1, 0.15) is 31.7 Å². The van der Waals surface area contributed by atoms with Gasteiger partial charge in [-0.3, -0.25) is 14.9 Å². The van der Waals surface area contributed by atoms with Crippen LogP contribution in [0.3, 0.4) is 0 Å². The first kappa shape index (κ1) is 17.7. The highest BCUT2D eigenvalue weighted by Gasteiger charge is 2.34. The summed E-state index contributed by atoms with van der Waals surface area (Å²) in [4.78, 5) is 28.3. The number of fused-ring (bicyclic) bond motifs is 1. The van der Waals surface area contributed by atoms with Crippen LogP contribution < -0.4 is 4.74 Å². The lowest BCUT2D eigenvalue weighted by molar-refractivity contribution is -0.385. The van der Waals surface area contributed by atoms with Crippen LogP contribution in [0.5, 0.6) is 5.75 Å². The fraction of sp³-hybridized carbons (Fsp3) is 0.211. The van der Waals surface area contributed by atoms with Gasteiger partial charge in [0.2, 0.25) is 0 Å². The average Bonchev–Trinajstić information content (AvgIpc) is 3.37. The highest BCUT2D eigenvalue weighted by molar-refractivity contribution is 7.10. The predicted octanol–water partition coefficient (Wildman–Crippen LogP) is 4.51. The van der Waals surface area contributed by atoms with Crippen molar-refractivity contribution in [2.75, 3.05) is 13.7 Å². The molecule has 0 aliphatic carbocycles. The van der Waals surface area contributed by atoms with Crippen LogP contribution in [0.25, 0.3) is 0 Å². The van der Waals surface area contributed by atoms with Crippen LogP contribution in [-0.4, -0.2) is 29.4 Å². The number of amides is 1. The average molecular weight is 400 g/mol. The second kappa shape index (κ2) is 7.13. The summed E-state index contributed by atoms with van der Waals surface area (Å²) in [5.41, 5.74) is 1.23. The minimum atomic E-state index is -0.528. The Morgan fingerprint density at radius 1 is 1.26 bits per heavy atom. The van der Waals surface area contributed by atoms with Crippen molar-refractivity contribution in [3.05, 3.63) is 78.2 Å². The molecule has 0 N–H and O–H groups in total. The highest BCUT2D eigenvalue weighted by Crippen LogP contribution is 2.40. The number of carbonyl (C=O) groups is 1. The molecular formula is C19H16N2O4S2. The summed E-state index contributed by atoms with van der Waals surface area (Å²) in [5.74, 6) is -0.0684. The minimum Gasteiger partial charge on any atom is -0.490 e. The molecule has 0 bridgehead atoms. The van der Waals surface area contributed by atoms with E-state index in [0.717, 1.165) is 16.9 Å². The van der Waals surface area contributed by atoms with Gasteiger partial charge in [-0.1, -0.05) is 6.07 Å². The molecule has 0 fully saturated rings. The summed E-state index contributed by atoms with van der Waals surface area (Å²) in [6.07, 6.45) is 0.791. The number of benzene rings is 1. The summed E-state index contributed by atoms with van der Waals surface area (Å²) in [7, 11) is 1.37. The van der Waals surface area contributed by atoms with Gasteiger partial charge in [-0.2, -0.15) is 0 Å². The SMILES string of the molecule is COc1ccc(C(=O)N2CCc3sccc3C2c2cccs2)cc1[N+](=O)[O-]. The minimum absolute atomic E-state index is 0.144. The molecule has 0 saturated heterocycles. The van der Waals surface area contributed by atoms with Gasteiger partial charge in [-0.15, -0.1) is 22.7 Å². The number of ether oxygens (including phenoxy) is 1. The summed E-state index contributed by atoms with van der Waals surface area (Å²) < 4.78 is 5.04. The van der Waals surface area contributed by atoms with Gasteiger partial charge in [0.05, 0.1) is 18.1 Å². The Balaban J connectivity index is 1.75. The van der Waals surface area contributed by atoms with Gasteiger partial charge in [0.15, 0.2) is 5.75 Å². The van der Waals surface area contributed by atoms with Gasteiger partial charge >= 0.3 is 5.69 Å². The third-order valence-electron chi connectivity index (χ3n) is 4.66. The van der Waals surface area contributed by atoms with Gasteiger partial charge in [-0.25, -0.2) is 0 Å². The Hall–Kier alpha value is -2.71. The third kappa shape index (κ3) is 3.11. The van der Waals surface area contributed by atoms with Crippen LogP contribution in [0, 0.1) is 10.1 Å². The zero-order chi connectivity index (χ0) is 19.0. The summed E-state index contributed by atoms with van der Waals surface area (Å²) in [5, 5.41) is 15.4. The Bertz CT molecular complexity index is 997. The summed E-state index contributed by atoms with van der Waals surface area (Å²) in [6, 6.07) is 10.3. The van der Waals surface area contributed by atoms with Crippen LogP contribution in [0.4, 0.5) is 5.69 Å². The van der Waals surface area contributed by atoms with Crippen molar-refractivity contribution in [1.82, 2.24) is 4.90 Å². The highest BCUT2D eigenvalue weighted by atomic mass is 32.1. The number of nitrogens with zero attached hydrogens (tertiary/aromatic N) is 2. The zero-order valence-electron chi connectivity index (χ0n) is 14.5. The van der Waals surface area contributed by atoms with E-state index in [-0.39, 0.29) is 23.4 Å². The normalized spacial score (nSPS) is 16.0. The van der Waals surface area contributed by atoms with Crippen LogP contribution >= 0.6 is 22.7 Å². The van der Waals surface area contributed by atoms with Gasteiger partial charge in [0, 0.05) is 27.9 Å². The van der Waals surface area contributed by atoms with Crippen LogP contribution in [0.2, 0.25) is 0 Å². The molecule has 2 aromatic heterocycles. The van der Waals surface area contributed by atoms with Crippen molar-refractivity contribution in [3.63, 3.8) is 0 Å². The van der Waals surface area contributed by atoms with E-state index in [2.05, 4.69) is 11.4 Å². The topological polar surface area (TPSA) is 72.7 Å². The smallest absolute Gasteiger partial charge is 0.311 e. The van der Waals surface area contributed by atoms with E-state index < -0.39 is 4.92 Å². The first-order chi connectivity index (χ1) is 13.1. The molecule has 0 spiro atoms. The number of hydrogen-bond donors (Lipinski definition) is 0. The maximum atomic E-state index is 13.3. The number of nitro groups is 1. The molecule has 27 heavy (non-hydrogen) atoms. The van der Waals surface area contributed by atoms with E-state index in [9.17, 15) is 14.9 Å². The van der Waals surface area contributed by atoms with Gasteiger partial charge in [0.25, 0.3) is 5.91 Å². The van der Waals surface area contributed by atoms with Crippen LogP contribution in [-0.2, 0) is 6.42 Å². The van der Waals surface area contributed by atoms with Crippen molar-refractivity contribution in [3.8, 4) is 5.75 Å². The lowest BCUT2D eigenvalue weighted by atomic mass is 9.97. The number of rotatable bonds is 4. The second-order valence-electron chi connectivity index (χ2n) is 6.11. The molecule has 1 aliphatic rings. The lowest BCUT2D eigenvalue weighted by Gasteiger charge is -2.35. The summed E-state index contributed by atoms with van der Waals surface area (Å²) in [6.45, 7) is 0.578. The number of thiophene rings is 2. The first-order valence-corrected chi connectivity index (χ1v) is 10.1. The molecule has 138 valence electrons. The molecule has 0 saturated carbocycles. The maximum absolute atomic E-state index is 13.3. The van der Waals surface area contributed by atoms with E-state index in [0.29, 0.717) is 12.1 Å². The van der Waals surface area contributed by atoms with E-state index in [1.54, 1.807) is 28.7 Å². The van der Waals surface area contributed by atoms with Crippen molar-refractivity contribution in [2.24, 2.45) is 0 Å². The third-order valence-corrected chi connectivity index (χ3v) is 6.58. The van der Waals surface area contributed by atoms with Crippen molar-refractivity contribution < 1.29 is 14.5 Å². The van der Waals surface area contributed by atoms with Crippen LogP contribution in [0.15, 0.2) is 47.2 Å². The quantitative estimate of drug-likeness (QED) is 0.477. The van der Waals surface area contributed by atoms with Gasteiger partial charge in [0.1, 0.15) is 0 Å². The molecule has 1 atom stereocenters. The largest absolute Gasteiger partial charge is 0.490 e. The lowest BCUT2D eigenvalue weighted by Crippen LogP contribution is -2.39. The molecule has 1 aliphatic heterocycles. The molecule has 8 heteroatoms. The number of nitro benzene ring substituents is 1. The molecule has 3 aromatic rings. The molecule has 1 unspecified atom stereocenters. The number of hydrogen-bond acceptors (Lipinski definition) is 6. The predicted molar refractivity (Wildman–Crippen MR) is 105 cm³/mol. The standard InChI is InChI=1S/C19H16N2O4S2/c1-25-15-5-4-12(11-14(15)21(23)24)19(22)20-8-6-16-13(7-10-27-16)18(20)17-3-2-9-26-17/h2-5,7,9-11,18H,6,8H2,1H3. The van der Waals surface area contributed by atoms with E-state index in [1.165, 1.54) is 24.1 Å². The molecule has 6 nitrogen and oxygen atoms in total. The van der Waals surface area contributed by atoms with Gasteiger partial charge < -0.3 is 9.64 Å². The fourth-order valence-electron chi connectivity index (χ4n) is 3.42. The van der Waals surface area contributed by atoms with Crippen molar-refractivity contribution >= 4 is 34.3 Å². The summed E-state index contributed by atoms with van der Waals surface area (Å²) >= 11 is 3.32. The molecule has 3 heterocycles. The monoisotopic (exact) mass is 400 g/mol.